The predicted molar refractivity (Wildman–Crippen MR) is 198 cm³/mol. The molecule has 0 bridgehead atoms. The fourth-order valence-corrected chi connectivity index (χ4v) is 8.47. The molecule has 4 atom stereocenters. The van der Waals surface area contributed by atoms with Crippen LogP contribution in [-0.2, 0) is 44.6 Å². The SMILES string of the molecule is Oc1c(Cc2ccccc2CC2=CC3(O)OCCOC3(O)C=C2)cc(C2CCCCC2)cc1Cc1ccccc1CC1=CC2(O)OCCOC2(O)C=C1. The van der Waals surface area contributed by atoms with Crippen LogP contribution in [0.15, 0.2) is 108 Å². The number of allylic oxidation sites excluding steroid dienone is 4. The first-order valence-corrected chi connectivity index (χ1v) is 18.8. The van der Waals surface area contributed by atoms with E-state index in [4.69, 9.17) is 18.9 Å². The van der Waals surface area contributed by atoms with E-state index in [0.29, 0.717) is 31.6 Å². The van der Waals surface area contributed by atoms with E-state index >= 15 is 0 Å². The number of aliphatic hydroxyl groups is 4. The molecule has 0 spiro atoms. The largest absolute Gasteiger partial charge is 0.507 e. The van der Waals surface area contributed by atoms with E-state index in [1.165, 1.54) is 49.1 Å². The summed E-state index contributed by atoms with van der Waals surface area (Å²) in [4.78, 5) is 0. The third-order valence-electron chi connectivity index (χ3n) is 11.4. The number of phenols is 1. The van der Waals surface area contributed by atoms with Crippen LogP contribution in [0.5, 0.6) is 5.75 Å². The summed E-state index contributed by atoms with van der Waals surface area (Å²) in [6, 6.07) is 20.6. The molecule has 4 unspecified atom stereocenters. The minimum Gasteiger partial charge on any atom is -0.507 e. The molecule has 3 aliphatic carbocycles. The highest BCUT2D eigenvalue weighted by Gasteiger charge is 2.54. The van der Waals surface area contributed by atoms with Gasteiger partial charge in [-0.1, -0.05) is 92.1 Å². The van der Waals surface area contributed by atoms with Crippen molar-refractivity contribution in [3.8, 4) is 5.75 Å². The standard InChI is InChI=1S/C44H48O9/c45-40-38(24-35-12-6-4-10-33(35)22-30-14-16-41(46)43(48,28-30)52-20-18-50-41)26-37(32-8-2-1-3-9-32)27-39(40)25-36-13-7-5-11-34(36)23-31-15-17-42(47)44(49,29-31)53-21-19-51-42/h4-7,10-17,26-29,32,45-49H,1-3,8-9,18-25H2. The number of ether oxygens (including phenoxy) is 4. The monoisotopic (exact) mass is 720 g/mol. The lowest BCUT2D eigenvalue weighted by Crippen LogP contribution is -2.60. The molecule has 3 fully saturated rings. The molecule has 0 amide bonds. The summed E-state index contributed by atoms with van der Waals surface area (Å²) in [5, 5.41) is 56.0. The molecule has 8 rings (SSSR count). The number of benzene rings is 3. The van der Waals surface area contributed by atoms with Crippen molar-refractivity contribution in [2.45, 2.75) is 86.9 Å². The van der Waals surface area contributed by atoms with Gasteiger partial charge in [-0.3, -0.25) is 0 Å². The minimum atomic E-state index is -1.97. The highest BCUT2D eigenvalue weighted by Crippen LogP contribution is 2.41. The Labute approximate surface area is 310 Å². The van der Waals surface area contributed by atoms with Gasteiger partial charge in [0.1, 0.15) is 5.75 Å². The summed E-state index contributed by atoms with van der Waals surface area (Å²) >= 11 is 0. The maximum atomic E-state index is 12.0. The predicted octanol–water partition coefficient (Wildman–Crippen LogP) is 5.55. The molecule has 0 aromatic heterocycles. The van der Waals surface area contributed by atoms with E-state index in [2.05, 4.69) is 36.4 Å². The molecular formula is C44H48O9. The van der Waals surface area contributed by atoms with Gasteiger partial charge >= 0.3 is 0 Å². The van der Waals surface area contributed by atoms with Gasteiger partial charge in [0.25, 0.3) is 0 Å². The Morgan fingerprint density at radius 3 is 1.34 bits per heavy atom. The molecule has 9 heteroatoms. The lowest BCUT2D eigenvalue weighted by Gasteiger charge is -2.44. The van der Waals surface area contributed by atoms with Crippen LogP contribution in [0.1, 0.15) is 77.0 Å². The van der Waals surface area contributed by atoms with Crippen LogP contribution in [0.25, 0.3) is 0 Å². The van der Waals surface area contributed by atoms with Gasteiger partial charge in [-0.15, -0.1) is 0 Å². The number of hydrogen-bond acceptors (Lipinski definition) is 9. The van der Waals surface area contributed by atoms with Crippen molar-refractivity contribution in [2.75, 3.05) is 26.4 Å². The van der Waals surface area contributed by atoms with Crippen LogP contribution < -0.4 is 0 Å². The molecule has 1 saturated carbocycles. The van der Waals surface area contributed by atoms with Crippen molar-refractivity contribution >= 4 is 0 Å². The Kier molecular flexibility index (Phi) is 9.80. The molecular weight excluding hydrogens is 672 g/mol. The van der Waals surface area contributed by atoms with Crippen LogP contribution in [-0.4, -0.2) is 75.1 Å². The lowest BCUT2D eigenvalue weighted by atomic mass is 9.81. The summed E-state index contributed by atoms with van der Waals surface area (Å²) in [6.07, 6.45) is 17.4. The molecule has 3 aromatic carbocycles. The Morgan fingerprint density at radius 2 is 0.906 bits per heavy atom. The Balaban J connectivity index is 1.09. The van der Waals surface area contributed by atoms with Crippen molar-refractivity contribution in [1.82, 2.24) is 0 Å². The molecule has 53 heavy (non-hydrogen) atoms. The smallest absolute Gasteiger partial charge is 0.246 e. The average molecular weight is 721 g/mol. The second-order valence-corrected chi connectivity index (χ2v) is 15.1. The summed E-state index contributed by atoms with van der Waals surface area (Å²) in [6.45, 7) is 0.706. The summed E-state index contributed by atoms with van der Waals surface area (Å²) in [5.41, 5.74) is 8.76. The number of fused-ring (bicyclic) bond motifs is 2. The minimum absolute atomic E-state index is 0.170. The molecule has 2 heterocycles. The first-order chi connectivity index (χ1) is 25.6. The van der Waals surface area contributed by atoms with Crippen molar-refractivity contribution in [3.63, 3.8) is 0 Å². The van der Waals surface area contributed by atoms with Crippen LogP contribution in [0.3, 0.4) is 0 Å². The van der Waals surface area contributed by atoms with Crippen molar-refractivity contribution in [1.29, 1.82) is 0 Å². The van der Waals surface area contributed by atoms with Crippen LogP contribution in [0.4, 0.5) is 0 Å². The van der Waals surface area contributed by atoms with Crippen LogP contribution in [0.2, 0.25) is 0 Å². The van der Waals surface area contributed by atoms with Gasteiger partial charge < -0.3 is 44.5 Å². The van der Waals surface area contributed by atoms with Gasteiger partial charge in [0, 0.05) is 12.8 Å². The first kappa shape index (κ1) is 36.1. The highest BCUT2D eigenvalue weighted by atomic mass is 16.7. The Hall–Kier alpha value is -3.90. The van der Waals surface area contributed by atoms with E-state index in [-0.39, 0.29) is 32.2 Å². The van der Waals surface area contributed by atoms with E-state index < -0.39 is 23.1 Å². The maximum absolute atomic E-state index is 12.0. The van der Waals surface area contributed by atoms with E-state index in [9.17, 15) is 25.5 Å². The number of rotatable bonds is 9. The number of hydrogen-bond donors (Lipinski definition) is 5. The van der Waals surface area contributed by atoms with Crippen molar-refractivity contribution in [2.24, 2.45) is 0 Å². The molecule has 0 radical (unpaired) electrons. The van der Waals surface area contributed by atoms with Gasteiger partial charge in [0.2, 0.25) is 23.1 Å². The molecule has 5 N–H and O–H groups in total. The molecule has 5 aliphatic rings. The first-order valence-electron chi connectivity index (χ1n) is 18.8. The van der Waals surface area contributed by atoms with E-state index in [0.717, 1.165) is 57.4 Å². The molecule has 9 nitrogen and oxygen atoms in total. The maximum Gasteiger partial charge on any atom is 0.246 e. The van der Waals surface area contributed by atoms with Gasteiger partial charge in [0.15, 0.2) is 0 Å². The average Bonchev–Trinajstić information content (AvgIpc) is 3.15. The second-order valence-electron chi connectivity index (χ2n) is 15.1. The third kappa shape index (κ3) is 7.09. The Bertz CT molecular complexity index is 1850. The summed E-state index contributed by atoms with van der Waals surface area (Å²) in [5.74, 6) is -7.08. The second kappa shape index (κ2) is 14.4. The number of phenolic OH excluding ortho intramolecular Hbond substituents is 1. The van der Waals surface area contributed by atoms with Gasteiger partial charge in [-0.25, -0.2) is 0 Å². The topological polar surface area (TPSA) is 138 Å². The fourth-order valence-electron chi connectivity index (χ4n) is 8.47. The van der Waals surface area contributed by atoms with Crippen molar-refractivity contribution < 1.29 is 44.5 Å². The van der Waals surface area contributed by atoms with Gasteiger partial charge in [-0.2, -0.15) is 0 Å². The van der Waals surface area contributed by atoms with Crippen LogP contribution >= 0.6 is 0 Å². The summed E-state index contributed by atoms with van der Waals surface area (Å²) < 4.78 is 22.1. The van der Waals surface area contributed by atoms with Crippen LogP contribution in [0, 0.1) is 0 Å². The summed E-state index contributed by atoms with van der Waals surface area (Å²) in [7, 11) is 0. The van der Waals surface area contributed by atoms with E-state index in [1.54, 1.807) is 12.2 Å². The quantitative estimate of drug-likeness (QED) is 0.193. The molecule has 2 saturated heterocycles. The number of aromatic hydroxyl groups is 1. The third-order valence-corrected chi connectivity index (χ3v) is 11.4. The zero-order chi connectivity index (χ0) is 36.7. The fraction of sp³-hybridized carbons (Fsp3) is 0.409. The molecule has 278 valence electrons. The van der Waals surface area contributed by atoms with E-state index in [1.807, 2.05) is 24.3 Å². The van der Waals surface area contributed by atoms with Gasteiger partial charge in [0.05, 0.1) is 26.4 Å². The lowest BCUT2D eigenvalue weighted by molar-refractivity contribution is -0.377. The molecule has 2 aliphatic heterocycles. The van der Waals surface area contributed by atoms with Gasteiger partial charge in [-0.05, 0) is 106 Å². The Morgan fingerprint density at radius 1 is 0.509 bits per heavy atom. The van der Waals surface area contributed by atoms with Crippen molar-refractivity contribution in [3.05, 3.63) is 147 Å². The molecule has 3 aromatic rings. The zero-order valence-electron chi connectivity index (χ0n) is 29.9. The zero-order valence-corrected chi connectivity index (χ0v) is 29.9. The normalized spacial score (nSPS) is 30.0. The highest BCUT2D eigenvalue weighted by molar-refractivity contribution is 5.51.